The lowest BCUT2D eigenvalue weighted by Crippen LogP contribution is -2.10. The second kappa shape index (κ2) is 10.5. The van der Waals surface area contributed by atoms with Gasteiger partial charge in [-0.15, -0.1) is 9.45 Å². The van der Waals surface area contributed by atoms with E-state index in [0.717, 1.165) is 6.07 Å². The highest BCUT2D eigenvalue weighted by Crippen LogP contribution is 2.36. The van der Waals surface area contributed by atoms with Gasteiger partial charge in [0.15, 0.2) is 22.2 Å². The van der Waals surface area contributed by atoms with Crippen LogP contribution in [-0.4, -0.2) is 39.0 Å². The summed E-state index contributed by atoms with van der Waals surface area (Å²) in [7, 11) is -8.22. The molecule has 15 heteroatoms. The topological polar surface area (TPSA) is 187 Å². The van der Waals surface area contributed by atoms with Gasteiger partial charge in [-0.1, -0.05) is 29.3 Å². The molecule has 0 fully saturated rings. The molecule has 176 valence electrons. The van der Waals surface area contributed by atoms with E-state index >= 15 is 0 Å². The van der Waals surface area contributed by atoms with Gasteiger partial charge in [0.1, 0.15) is 10.6 Å². The van der Waals surface area contributed by atoms with Crippen molar-refractivity contribution in [2.75, 3.05) is 18.1 Å². The minimum Gasteiger partial charge on any atom is -0.396 e. The van der Waals surface area contributed by atoms with Crippen LogP contribution in [0.5, 0.6) is 0 Å². The normalized spacial score (nSPS) is 12.5. The fourth-order valence-corrected chi connectivity index (χ4v) is 4.93. The van der Waals surface area contributed by atoms with E-state index in [1.54, 1.807) is 18.2 Å². The van der Waals surface area contributed by atoms with Crippen molar-refractivity contribution in [3.8, 4) is 0 Å². The van der Waals surface area contributed by atoms with Crippen LogP contribution in [-0.2, 0) is 33.5 Å². The zero-order chi connectivity index (χ0) is 24.1. The molecule has 0 bridgehead atoms. The van der Waals surface area contributed by atoms with E-state index in [1.807, 2.05) is 0 Å². The molecule has 0 aliphatic carbocycles. The first-order valence-corrected chi connectivity index (χ1v) is 12.7. The molecule has 0 radical (unpaired) electrons. The van der Waals surface area contributed by atoms with E-state index in [9.17, 15) is 21.4 Å². The smallest absolute Gasteiger partial charge is 0.295 e. The van der Waals surface area contributed by atoms with Gasteiger partial charge in [0.25, 0.3) is 10.1 Å². The summed E-state index contributed by atoms with van der Waals surface area (Å²) in [5.41, 5.74) is 6.55. The molecule has 0 atom stereocenters. The molecular formula is C18H17N3O9S3. The third kappa shape index (κ3) is 6.24. The predicted octanol–water partition coefficient (Wildman–Crippen LogP) is 3.86. The maximum absolute atomic E-state index is 12.3. The quantitative estimate of drug-likeness (QED) is 0.0676. The molecule has 4 N–H and O–H groups in total. The van der Waals surface area contributed by atoms with E-state index in [4.69, 9.17) is 15.2 Å². The molecule has 12 nitrogen and oxygen atoms in total. The third-order valence-electron chi connectivity index (χ3n) is 4.32. The number of anilines is 1. The lowest BCUT2D eigenvalue weighted by molar-refractivity contribution is -0.434. The molecule has 3 aromatic rings. The van der Waals surface area contributed by atoms with E-state index in [-0.39, 0.29) is 56.9 Å². The average molecular weight is 516 g/mol. The van der Waals surface area contributed by atoms with E-state index in [0.29, 0.717) is 5.39 Å². The van der Waals surface area contributed by atoms with Gasteiger partial charge in [-0.2, -0.15) is 13.5 Å². The van der Waals surface area contributed by atoms with Crippen molar-refractivity contribution in [2.24, 2.45) is 10.2 Å². The maximum Gasteiger partial charge on any atom is 0.295 e. The summed E-state index contributed by atoms with van der Waals surface area (Å²) in [4.78, 5) is -0.354. The van der Waals surface area contributed by atoms with Crippen molar-refractivity contribution in [1.29, 1.82) is 0 Å². The second-order valence-electron chi connectivity index (χ2n) is 6.37. The Balaban J connectivity index is 1.82. The van der Waals surface area contributed by atoms with Gasteiger partial charge in [0.05, 0.1) is 28.6 Å². The number of nitrogen functional groups attached to an aromatic ring is 1. The van der Waals surface area contributed by atoms with Crippen LogP contribution < -0.4 is 5.73 Å². The van der Waals surface area contributed by atoms with Crippen LogP contribution in [0.25, 0.3) is 10.8 Å². The average Bonchev–Trinajstić information content (AvgIpc) is 2.78. The largest absolute Gasteiger partial charge is 0.396 e. The zero-order valence-corrected chi connectivity index (χ0v) is 19.0. The highest BCUT2D eigenvalue weighted by molar-refractivity contribution is 7.91. The summed E-state index contributed by atoms with van der Waals surface area (Å²) < 4.78 is 66.5. The van der Waals surface area contributed by atoms with Gasteiger partial charge in [0.2, 0.25) is 0 Å². The minimum absolute atomic E-state index is 0.00764. The van der Waals surface area contributed by atoms with Crippen LogP contribution >= 0.6 is 12.3 Å². The van der Waals surface area contributed by atoms with Crippen molar-refractivity contribution in [2.45, 2.75) is 9.79 Å². The minimum atomic E-state index is -4.55. The summed E-state index contributed by atoms with van der Waals surface area (Å²) in [6, 6.07) is 12.9. The van der Waals surface area contributed by atoms with Crippen LogP contribution in [0.1, 0.15) is 0 Å². The van der Waals surface area contributed by atoms with Crippen LogP contribution in [0.4, 0.5) is 17.1 Å². The molecule has 3 aromatic carbocycles. The third-order valence-corrected chi connectivity index (χ3v) is 7.28. The summed E-state index contributed by atoms with van der Waals surface area (Å²) >= 11 is 0.273. The Morgan fingerprint density at radius 3 is 2.27 bits per heavy atom. The molecule has 3 rings (SSSR count). The van der Waals surface area contributed by atoms with Crippen LogP contribution in [0.2, 0.25) is 0 Å². The van der Waals surface area contributed by atoms with Crippen molar-refractivity contribution in [3.05, 3.63) is 54.6 Å². The molecule has 33 heavy (non-hydrogen) atoms. The molecule has 0 spiro atoms. The summed E-state index contributed by atoms with van der Waals surface area (Å²) in [5, 5.41) is 19.8. The number of nitrogens with zero attached hydrogens (tertiary/aromatic N) is 2. The molecule has 0 heterocycles. The summed E-state index contributed by atoms with van der Waals surface area (Å²) in [5.74, 6) is -0.359. The number of azo groups is 1. The standard InChI is InChI=1S/C18H17N3O9S3/c19-18-15-4-2-1-3-14(15)17(33(25,26)27)11-16(18)21-20-12-5-7-13(8-6-12)32(23,24)10-9-28-31-30-29-22/h1-8,11,22H,9-10,19H2,(H,25,26,27). The molecule has 0 saturated heterocycles. The number of hydrogen-bond acceptors (Lipinski definition) is 12. The molecule has 0 unspecified atom stereocenters. The van der Waals surface area contributed by atoms with Gasteiger partial charge in [-0.25, -0.2) is 13.7 Å². The number of nitrogens with two attached hydrogens (primary N) is 1. The fourth-order valence-electron chi connectivity index (χ4n) is 2.81. The molecule has 0 aromatic heterocycles. The molecule has 0 amide bonds. The lowest BCUT2D eigenvalue weighted by atomic mass is 10.1. The van der Waals surface area contributed by atoms with Gasteiger partial charge < -0.3 is 5.73 Å². The van der Waals surface area contributed by atoms with Crippen molar-refractivity contribution in [3.63, 3.8) is 0 Å². The Labute approximate surface area is 192 Å². The number of rotatable bonds is 10. The van der Waals surface area contributed by atoms with Crippen molar-refractivity contribution in [1.82, 2.24) is 0 Å². The van der Waals surface area contributed by atoms with Gasteiger partial charge in [-0.05, 0) is 30.3 Å². The number of fused-ring (bicyclic) bond motifs is 1. The number of sulfone groups is 1. The van der Waals surface area contributed by atoms with Crippen molar-refractivity contribution >= 4 is 60.1 Å². The Morgan fingerprint density at radius 1 is 0.970 bits per heavy atom. The van der Waals surface area contributed by atoms with Gasteiger partial charge in [0, 0.05) is 10.8 Å². The van der Waals surface area contributed by atoms with E-state index in [1.165, 1.54) is 30.3 Å². The number of hydrogen-bond donors (Lipinski definition) is 3. The lowest BCUT2D eigenvalue weighted by Gasteiger charge is -2.09. The molecule has 0 saturated carbocycles. The molecule has 0 aliphatic rings. The van der Waals surface area contributed by atoms with E-state index < -0.39 is 20.0 Å². The second-order valence-corrected chi connectivity index (χ2v) is 10.4. The summed E-state index contributed by atoms with van der Waals surface area (Å²) in [6.45, 7) is -0.227. The number of benzene rings is 3. The Morgan fingerprint density at radius 2 is 1.64 bits per heavy atom. The Bertz CT molecular complexity index is 1380. The fraction of sp³-hybridized carbons (Fsp3) is 0.111. The highest BCUT2D eigenvalue weighted by atomic mass is 32.2. The van der Waals surface area contributed by atoms with Crippen LogP contribution in [0, 0.1) is 0 Å². The SMILES string of the molecule is Nc1c(N=Nc2ccc(S(=O)(=O)CCOSOOO)cc2)cc(S(=O)(=O)O)c2ccccc12. The molecular weight excluding hydrogens is 498 g/mol. The first-order chi connectivity index (χ1) is 15.6. The molecule has 0 aliphatic heterocycles. The summed E-state index contributed by atoms with van der Waals surface area (Å²) in [6.07, 6.45) is 0. The maximum atomic E-state index is 12.3. The highest BCUT2D eigenvalue weighted by Gasteiger charge is 2.18. The van der Waals surface area contributed by atoms with Crippen LogP contribution in [0.3, 0.4) is 0 Å². The van der Waals surface area contributed by atoms with Gasteiger partial charge >= 0.3 is 0 Å². The Hall–Kier alpha value is -2.63. The first-order valence-electron chi connectivity index (χ1n) is 8.93. The monoisotopic (exact) mass is 515 g/mol. The first kappa shape index (κ1) is 25.0. The van der Waals surface area contributed by atoms with Gasteiger partial charge in [-0.3, -0.25) is 8.74 Å². The van der Waals surface area contributed by atoms with Crippen molar-refractivity contribution < 1.29 is 40.2 Å². The Kier molecular flexibility index (Phi) is 7.98. The zero-order valence-electron chi connectivity index (χ0n) is 16.6. The van der Waals surface area contributed by atoms with Crippen LogP contribution in [0.15, 0.2) is 74.6 Å². The van der Waals surface area contributed by atoms with E-state index in [2.05, 4.69) is 19.6 Å². The predicted molar refractivity (Wildman–Crippen MR) is 119 cm³/mol.